The summed E-state index contributed by atoms with van der Waals surface area (Å²) in [6.07, 6.45) is 6.80. The molecule has 3 amide bonds. The Kier molecular flexibility index (Phi) is 5.60. The monoisotopic (exact) mass is 411 g/mol. The first kappa shape index (κ1) is 20.9. The average molecular weight is 412 g/mol. The molecule has 6 heteroatoms. The van der Waals surface area contributed by atoms with E-state index in [1.165, 1.54) is 26.2 Å². The molecule has 0 spiro atoms. The van der Waals surface area contributed by atoms with Gasteiger partial charge in [0.15, 0.2) is 0 Å². The Bertz CT molecular complexity index is 813. The van der Waals surface area contributed by atoms with Crippen LogP contribution in [0.1, 0.15) is 59.3 Å². The zero-order valence-electron chi connectivity index (χ0n) is 18.2. The summed E-state index contributed by atoms with van der Waals surface area (Å²) in [6, 6.07) is 6.46. The van der Waals surface area contributed by atoms with Gasteiger partial charge in [0, 0.05) is 23.7 Å². The summed E-state index contributed by atoms with van der Waals surface area (Å²) < 4.78 is 0. The van der Waals surface area contributed by atoms with Gasteiger partial charge in [-0.25, -0.2) is 0 Å². The number of hydrogen-bond acceptors (Lipinski definition) is 3. The van der Waals surface area contributed by atoms with Crippen molar-refractivity contribution >= 4 is 29.1 Å². The van der Waals surface area contributed by atoms with Gasteiger partial charge >= 0.3 is 0 Å². The highest BCUT2D eigenvalue weighted by molar-refractivity contribution is 5.99. The summed E-state index contributed by atoms with van der Waals surface area (Å²) in [6.45, 7) is 5.36. The molecule has 4 saturated carbocycles. The molecule has 0 saturated heterocycles. The molecule has 4 aliphatic rings. The minimum Gasteiger partial charge on any atom is -0.344 e. The highest BCUT2D eigenvalue weighted by Crippen LogP contribution is 2.60. The van der Waals surface area contributed by atoms with E-state index in [-0.39, 0.29) is 29.1 Å². The lowest BCUT2D eigenvalue weighted by Crippen LogP contribution is -2.57. The van der Waals surface area contributed by atoms with Gasteiger partial charge in [0.05, 0.1) is 0 Å². The van der Waals surface area contributed by atoms with Crippen LogP contribution in [0.4, 0.5) is 11.4 Å². The third-order valence-corrected chi connectivity index (χ3v) is 7.21. The smallest absolute Gasteiger partial charge is 0.247 e. The second-order valence-electron chi connectivity index (χ2n) is 10.1. The molecule has 5 rings (SSSR count). The number of anilines is 2. The molecular weight excluding hydrogens is 378 g/mol. The first-order valence-corrected chi connectivity index (χ1v) is 11.2. The largest absolute Gasteiger partial charge is 0.344 e. The van der Waals surface area contributed by atoms with E-state index < -0.39 is 6.04 Å². The van der Waals surface area contributed by atoms with Crippen LogP contribution in [0.3, 0.4) is 0 Å². The fraction of sp³-hybridized carbons (Fsp3) is 0.625. The molecule has 162 valence electrons. The topological polar surface area (TPSA) is 87.3 Å². The SMILES string of the molecule is CC(=O)Nc1cccc(NC(=O)[C@H](NC(=O)C23CC4CC(CC(C4)C2)C3)C(C)C)c1. The minimum absolute atomic E-state index is 0.0265. The van der Waals surface area contributed by atoms with Gasteiger partial charge in [-0.1, -0.05) is 19.9 Å². The van der Waals surface area contributed by atoms with E-state index in [1.54, 1.807) is 24.3 Å². The van der Waals surface area contributed by atoms with Crippen LogP contribution in [0.2, 0.25) is 0 Å². The Morgan fingerprint density at radius 1 is 0.933 bits per heavy atom. The Hall–Kier alpha value is -2.37. The highest BCUT2D eigenvalue weighted by atomic mass is 16.2. The standard InChI is InChI=1S/C24H33N3O3/c1-14(2)21(22(29)26-20-6-4-5-19(10-20)25-15(3)28)27-23(30)24-11-16-7-17(12-24)9-18(8-16)13-24/h4-6,10,14,16-18,21H,7-9,11-13H2,1-3H3,(H,25,28)(H,26,29)(H,27,30)/t16?,17?,18?,21-,24?/m1/s1. The predicted molar refractivity (Wildman–Crippen MR) is 117 cm³/mol. The van der Waals surface area contributed by atoms with Crippen LogP contribution in [0.25, 0.3) is 0 Å². The average Bonchev–Trinajstić information content (AvgIpc) is 2.64. The van der Waals surface area contributed by atoms with E-state index in [1.807, 2.05) is 13.8 Å². The van der Waals surface area contributed by atoms with E-state index >= 15 is 0 Å². The van der Waals surface area contributed by atoms with Gasteiger partial charge < -0.3 is 16.0 Å². The van der Waals surface area contributed by atoms with Crippen molar-refractivity contribution in [1.82, 2.24) is 5.32 Å². The molecule has 0 aromatic heterocycles. The van der Waals surface area contributed by atoms with Crippen LogP contribution in [-0.4, -0.2) is 23.8 Å². The maximum atomic E-state index is 13.4. The number of amides is 3. The van der Waals surface area contributed by atoms with E-state index in [0.717, 1.165) is 19.3 Å². The zero-order valence-corrected chi connectivity index (χ0v) is 18.2. The van der Waals surface area contributed by atoms with Gasteiger partial charge in [0.25, 0.3) is 0 Å². The molecule has 0 radical (unpaired) electrons. The molecule has 1 aromatic rings. The Balaban J connectivity index is 1.44. The van der Waals surface area contributed by atoms with Crippen LogP contribution >= 0.6 is 0 Å². The summed E-state index contributed by atoms with van der Waals surface area (Å²) in [5.41, 5.74) is 0.952. The van der Waals surface area contributed by atoms with Gasteiger partial charge in [-0.2, -0.15) is 0 Å². The predicted octanol–water partition coefficient (Wildman–Crippen LogP) is 3.94. The number of carbonyl (C=O) groups excluding carboxylic acids is 3. The molecule has 1 atom stereocenters. The van der Waals surface area contributed by atoms with Crippen LogP contribution in [0, 0.1) is 29.1 Å². The Labute approximate surface area is 178 Å². The van der Waals surface area contributed by atoms with Crippen molar-refractivity contribution in [3.05, 3.63) is 24.3 Å². The Morgan fingerprint density at radius 3 is 1.97 bits per heavy atom. The summed E-state index contributed by atoms with van der Waals surface area (Å²) in [5.74, 6) is 1.72. The summed E-state index contributed by atoms with van der Waals surface area (Å²) in [5, 5.41) is 8.75. The minimum atomic E-state index is -0.588. The van der Waals surface area contributed by atoms with E-state index in [9.17, 15) is 14.4 Å². The molecular formula is C24H33N3O3. The fourth-order valence-electron chi connectivity index (χ4n) is 6.32. The van der Waals surface area contributed by atoms with Crippen molar-refractivity contribution in [2.24, 2.45) is 29.1 Å². The first-order valence-electron chi connectivity index (χ1n) is 11.2. The van der Waals surface area contributed by atoms with Crippen molar-refractivity contribution in [3.63, 3.8) is 0 Å². The Morgan fingerprint density at radius 2 is 1.47 bits per heavy atom. The lowest BCUT2D eigenvalue weighted by atomic mass is 9.49. The third kappa shape index (κ3) is 4.23. The quantitative estimate of drug-likeness (QED) is 0.663. The molecule has 3 N–H and O–H groups in total. The molecule has 4 bridgehead atoms. The second-order valence-corrected chi connectivity index (χ2v) is 10.1. The van der Waals surface area contributed by atoms with Crippen LogP contribution < -0.4 is 16.0 Å². The molecule has 1 aromatic carbocycles. The zero-order chi connectivity index (χ0) is 21.5. The van der Waals surface area contributed by atoms with E-state index in [2.05, 4.69) is 16.0 Å². The molecule has 30 heavy (non-hydrogen) atoms. The molecule has 4 fully saturated rings. The highest BCUT2D eigenvalue weighted by Gasteiger charge is 2.55. The third-order valence-electron chi connectivity index (χ3n) is 7.21. The maximum Gasteiger partial charge on any atom is 0.247 e. The van der Waals surface area contributed by atoms with Gasteiger partial charge in [-0.3, -0.25) is 14.4 Å². The van der Waals surface area contributed by atoms with Gasteiger partial charge in [-0.05, 0) is 80.4 Å². The number of hydrogen-bond donors (Lipinski definition) is 3. The van der Waals surface area contributed by atoms with Crippen molar-refractivity contribution in [1.29, 1.82) is 0 Å². The molecule has 0 heterocycles. The van der Waals surface area contributed by atoms with E-state index in [4.69, 9.17) is 0 Å². The lowest BCUT2D eigenvalue weighted by Gasteiger charge is -2.55. The van der Waals surface area contributed by atoms with Crippen LogP contribution in [0.5, 0.6) is 0 Å². The molecule has 4 aliphatic carbocycles. The molecule has 0 unspecified atom stereocenters. The summed E-state index contributed by atoms with van der Waals surface area (Å²) in [4.78, 5) is 37.7. The molecule has 6 nitrogen and oxygen atoms in total. The fourth-order valence-corrected chi connectivity index (χ4v) is 6.32. The van der Waals surface area contributed by atoms with Gasteiger partial charge in [0.1, 0.15) is 6.04 Å². The summed E-state index contributed by atoms with van der Waals surface area (Å²) in [7, 11) is 0. The number of nitrogens with one attached hydrogen (secondary N) is 3. The molecule has 0 aliphatic heterocycles. The van der Waals surface area contributed by atoms with Crippen LogP contribution in [0.15, 0.2) is 24.3 Å². The number of rotatable bonds is 6. The number of benzene rings is 1. The van der Waals surface area contributed by atoms with E-state index in [0.29, 0.717) is 29.1 Å². The summed E-state index contributed by atoms with van der Waals surface area (Å²) >= 11 is 0. The van der Waals surface area contributed by atoms with Gasteiger partial charge in [0.2, 0.25) is 17.7 Å². The van der Waals surface area contributed by atoms with Gasteiger partial charge in [-0.15, -0.1) is 0 Å². The second kappa shape index (κ2) is 8.05. The number of carbonyl (C=O) groups is 3. The van der Waals surface area contributed by atoms with Crippen molar-refractivity contribution in [3.8, 4) is 0 Å². The first-order chi connectivity index (χ1) is 14.2. The lowest BCUT2D eigenvalue weighted by molar-refractivity contribution is -0.148. The van der Waals surface area contributed by atoms with Crippen molar-refractivity contribution in [2.45, 2.75) is 65.3 Å². The van der Waals surface area contributed by atoms with Crippen molar-refractivity contribution < 1.29 is 14.4 Å². The maximum absolute atomic E-state index is 13.4. The van der Waals surface area contributed by atoms with Crippen molar-refractivity contribution in [2.75, 3.05) is 10.6 Å². The normalized spacial score (nSPS) is 30.1. The van der Waals surface area contributed by atoms with Crippen LogP contribution in [-0.2, 0) is 14.4 Å².